The Morgan fingerprint density at radius 1 is 0.736 bits per heavy atom. The molecule has 1 aliphatic rings. The van der Waals surface area contributed by atoms with Crippen LogP contribution >= 0.6 is 12.2 Å². The molecule has 1 aromatic heterocycles. The van der Waals surface area contributed by atoms with Gasteiger partial charge in [-0.25, -0.2) is 4.79 Å². The van der Waals surface area contributed by atoms with Gasteiger partial charge in [-0.1, -0.05) is 13.3 Å². The molecule has 0 atom stereocenters. The summed E-state index contributed by atoms with van der Waals surface area (Å²) >= 11 is 5.26. The molecule has 2 amide bonds. The molecule has 0 aromatic carbocycles. The zero-order valence-electron chi connectivity index (χ0n) is 33.5. The molecule has 1 aromatic rings. The van der Waals surface area contributed by atoms with Crippen molar-refractivity contribution in [1.29, 1.82) is 0 Å². The number of carbonyl (C=O) groups is 4. The number of hydrogen-bond donors (Lipinski definition) is 3. The highest BCUT2D eigenvalue weighted by Gasteiger charge is 2.28. The third kappa shape index (κ3) is 20.3. The number of nitrogens with zero attached hydrogens (tertiary/aromatic N) is 4. The number of unbranched alkanes of at least 4 members (excludes halogenated alkanes) is 1. The van der Waals surface area contributed by atoms with Gasteiger partial charge < -0.3 is 39.8 Å². The van der Waals surface area contributed by atoms with Crippen molar-refractivity contribution in [3.05, 3.63) is 23.5 Å². The Balaban J connectivity index is 2.35. The molecule has 2 rings (SSSR count). The van der Waals surface area contributed by atoms with Gasteiger partial charge in [-0.3, -0.25) is 29.2 Å². The van der Waals surface area contributed by atoms with Gasteiger partial charge in [0.2, 0.25) is 0 Å². The van der Waals surface area contributed by atoms with Crippen molar-refractivity contribution in [2.24, 2.45) is 0 Å². The first-order valence-corrected chi connectivity index (χ1v) is 18.8. The number of thiocarbonyl (C=S) groups is 1. The van der Waals surface area contributed by atoms with Crippen LogP contribution in [0.15, 0.2) is 12.1 Å². The highest BCUT2D eigenvalue weighted by Crippen LogP contribution is 2.22. The molecule has 0 radical (unpaired) electrons. The number of nitrogens with one attached hydrogen (secondary N) is 3. The highest BCUT2D eigenvalue weighted by molar-refractivity contribution is 7.80. The summed E-state index contributed by atoms with van der Waals surface area (Å²) < 4.78 is 23.0. The summed E-state index contributed by atoms with van der Waals surface area (Å²) in [7, 11) is 0. The second kappa shape index (κ2) is 21.2. The van der Waals surface area contributed by atoms with Crippen LogP contribution in [-0.4, -0.2) is 131 Å². The van der Waals surface area contributed by atoms with Crippen LogP contribution < -0.4 is 20.7 Å². The summed E-state index contributed by atoms with van der Waals surface area (Å²) in [6.07, 6.45) is 1.56. The topological polar surface area (TPSA) is 164 Å². The Bertz CT molecular complexity index is 1370. The minimum atomic E-state index is -0.734. The normalized spacial score (nSPS) is 14.9. The maximum atomic E-state index is 13.4. The standard InChI is InChI=1S/C37H63N7O8S/c1-11-12-15-39-33(53)40-17-16-38-30(45)26-49-29-14-13-27-22-42(24-31(46)50-35(2,3)4)18-20-44(34(48)52-37(8,9)10)21-19-43(23-28(29)41-27)25-32(47)51-36(5,6)7/h13-14H,11-12,15-26H2,1-10H3,(H,38,45)(H2,39,40,53). The van der Waals surface area contributed by atoms with E-state index in [1.807, 2.05) is 9.80 Å². The van der Waals surface area contributed by atoms with Crippen LogP contribution in [-0.2, 0) is 41.7 Å². The molecule has 0 unspecified atom stereocenters. The van der Waals surface area contributed by atoms with Gasteiger partial charge in [0, 0.05) is 58.9 Å². The molecule has 16 heteroatoms. The predicted octanol–water partition coefficient (Wildman–Crippen LogP) is 3.38. The first-order valence-electron chi connectivity index (χ1n) is 18.4. The van der Waals surface area contributed by atoms with Crippen LogP contribution in [0.5, 0.6) is 5.75 Å². The SMILES string of the molecule is CCCCNC(=S)NCCNC(=O)COc1ccc2nc1CN(CC(=O)OC(C)(C)C)CCN(C(=O)OC(C)(C)C)CCN(CC(=O)OC(C)(C)C)C2. The van der Waals surface area contributed by atoms with Crippen molar-refractivity contribution in [2.75, 3.05) is 65.5 Å². The van der Waals surface area contributed by atoms with Gasteiger partial charge in [0.15, 0.2) is 11.7 Å². The van der Waals surface area contributed by atoms with E-state index in [2.05, 4.69) is 22.9 Å². The van der Waals surface area contributed by atoms with E-state index in [0.717, 1.165) is 19.4 Å². The quantitative estimate of drug-likeness (QED) is 0.116. The number of pyridine rings is 1. The number of aromatic nitrogens is 1. The second-order valence-corrected chi connectivity index (χ2v) is 16.4. The number of fused-ring (bicyclic) bond motifs is 2. The average Bonchev–Trinajstić information content (AvgIpc) is 2.99. The van der Waals surface area contributed by atoms with Crippen molar-refractivity contribution in [3.63, 3.8) is 0 Å². The molecule has 0 saturated heterocycles. The van der Waals surface area contributed by atoms with Gasteiger partial charge in [0.1, 0.15) is 22.6 Å². The molecule has 0 spiro atoms. The Morgan fingerprint density at radius 3 is 1.81 bits per heavy atom. The van der Waals surface area contributed by atoms with E-state index in [0.29, 0.717) is 41.9 Å². The summed E-state index contributed by atoms with van der Waals surface area (Å²) in [5, 5.41) is 9.54. The fraction of sp³-hybridized carbons (Fsp3) is 0.730. The second-order valence-electron chi connectivity index (χ2n) is 16.0. The summed E-state index contributed by atoms with van der Waals surface area (Å²) in [4.78, 5) is 62.3. The summed E-state index contributed by atoms with van der Waals surface area (Å²) in [6, 6.07) is 3.51. The van der Waals surface area contributed by atoms with Crippen LogP contribution in [0.1, 0.15) is 93.5 Å². The lowest BCUT2D eigenvalue weighted by molar-refractivity contribution is -0.157. The van der Waals surface area contributed by atoms with Gasteiger partial charge in [-0.05, 0) is 93.1 Å². The molecule has 0 fully saturated rings. The van der Waals surface area contributed by atoms with Gasteiger partial charge in [0.25, 0.3) is 5.91 Å². The lowest BCUT2D eigenvalue weighted by Crippen LogP contribution is -2.47. The molecule has 0 aliphatic carbocycles. The molecular formula is C37H63N7O8S. The van der Waals surface area contributed by atoms with Gasteiger partial charge in [-0.15, -0.1) is 0 Å². The first-order chi connectivity index (χ1) is 24.6. The minimum Gasteiger partial charge on any atom is -0.482 e. The van der Waals surface area contributed by atoms with Crippen molar-refractivity contribution in [1.82, 2.24) is 35.6 Å². The zero-order chi connectivity index (χ0) is 39.8. The maximum absolute atomic E-state index is 13.4. The number of amides is 2. The summed E-state index contributed by atoms with van der Waals surface area (Å²) in [6.45, 7) is 20.9. The third-order valence-corrected chi connectivity index (χ3v) is 7.51. The molecule has 53 heavy (non-hydrogen) atoms. The molecule has 0 saturated carbocycles. The van der Waals surface area contributed by atoms with Crippen LogP contribution in [0, 0.1) is 0 Å². The smallest absolute Gasteiger partial charge is 0.410 e. The van der Waals surface area contributed by atoms with Crippen LogP contribution in [0.3, 0.4) is 0 Å². The van der Waals surface area contributed by atoms with E-state index >= 15 is 0 Å². The van der Waals surface area contributed by atoms with E-state index in [-0.39, 0.29) is 58.3 Å². The Morgan fingerprint density at radius 2 is 1.26 bits per heavy atom. The number of hydrogen-bond acceptors (Lipinski definition) is 12. The number of esters is 2. The lowest BCUT2D eigenvalue weighted by Gasteiger charge is -2.33. The number of rotatable bonds is 13. The molecule has 1 aliphatic heterocycles. The van der Waals surface area contributed by atoms with Gasteiger partial charge in [-0.2, -0.15) is 0 Å². The fourth-order valence-electron chi connectivity index (χ4n) is 5.01. The predicted molar refractivity (Wildman–Crippen MR) is 206 cm³/mol. The van der Waals surface area contributed by atoms with E-state index < -0.39 is 34.8 Å². The molecule has 15 nitrogen and oxygen atoms in total. The van der Waals surface area contributed by atoms with Crippen LogP contribution in [0.4, 0.5) is 4.79 Å². The fourth-order valence-corrected chi connectivity index (χ4v) is 5.21. The van der Waals surface area contributed by atoms with Crippen LogP contribution in [0.2, 0.25) is 0 Å². The number of carbonyl (C=O) groups excluding carboxylic acids is 4. The third-order valence-electron chi connectivity index (χ3n) is 7.23. The first kappa shape index (κ1) is 45.4. The van der Waals surface area contributed by atoms with Crippen molar-refractivity contribution in [3.8, 4) is 5.75 Å². The molecule has 2 bridgehead atoms. The average molecular weight is 766 g/mol. The maximum Gasteiger partial charge on any atom is 0.410 e. The zero-order valence-corrected chi connectivity index (χ0v) is 34.3. The number of ether oxygens (including phenoxy) is 4. The van der Waals surface area contributed by atoms with E-state index in [1.54, 1.807) is 79.3 Å². The van der Waals surface area contributed by atoms with Gasteiger partial charge >= 0.3 is 18.0 Å². The van der Waals surface area contributed by atoms with Crippen LogP contribution in [0.25, 0.3) is 0 Å². The Hall–Kier alpha value is -3.76. The molecule has 2 heterocycles. The van der Waals surface area contributed by atoms with E-state index in [4.69, 9.17) is 36.1 Å². The summed E-state index contributed by atoms with van der Waals surface area (Å²) in [5.41, 5.74) is -1.01. The Kier molecular flexibility index (Phi) is 18.2. The Labute approximate surface area is 321 Å². The highest BCUT2D eigenvalue weighted by atomic mass is 32.1. The molecule has 300 valence electrons. The van der Waals surface area contributed by atoms with Crippen molar-refractivity contribution < 1.29 is 38.1 Å². The molecular weight excluding hydrogens is 703 g/mol. The monoisotopic (exact) mass is 765 g/mol. The van der Waals surface area contributed by atoms with E-state index in [9.17, 15) is 19.2 Å². The summed E-state index contributed by atoms with van der Waals surface area (Å²) in [5.74, 6) is -0.822. The minimum absolute atomic E-state index is 0.0337. The van der Waals surface area contributed by atoms with Gasteiger partial charge in [0.05, 0.1) is 24.5 Å². The van der Waals surface area contributed by atoms with Crippen molar-refractivity contribution in [2.45, 2.75) is 112 Å². The van der Waals surface area contributed by atoms with E-state index in [1.165, 1.54) is 0 Å². The largest absolute Gasteiger partial charge is 0.482 e. The van der Waals surface area contributed by atoms with Crippen molar-refractivity contribution >= 4 is 41.3 Å². The molecule has 3 N–H and O–H groups in total. The lowest BCUT2D eigenvalue weighted by atomic mass is 10.2.